The zero-order valence-electron chi connectivity index (χ0n) is 9.82. The van der Waals surface area contributed by atoms with Crippen LogP contribution < -0.4 is 5.32 Å². The molecule has 92 valence electrons. The molecule has 0 aromatic carbocycles. The van der Waals surface area contributed by atoms with Gasteiger partial charge in [-0.1, -0.05) is 6.42 Å². The minimum absolute atomic E-state index is 0.0335. The molecule has 0 aromatic heterocycles. The van der Waals surface area contributed by atoms with Gasteiger partial charge in [0.15, 0.2) is 0 Å². The van der Waals surface area contributed by atoms with Crippen LogP contribution in [0.4, 0.5) is 0 Å². The van der Waals surface area contributed by atoms with Crippen LogP contribution in [0.2, 0.25) is 0 Å². The Morgan fingerprint density at radius 2 is 2.19 bits per heavy atom. The third kappa shape index (κ3) is 2.74. The van der Waals surface area contributed by atoms with Gasteiger partial charge in [-0.15, -0.1) is 0 Å². The molecule has 2 saturated heterocycles. The molecule has 4 heteroatoms. The smallest absolute Gasteiger partial charge is 0.239 e. The van der Waals surface area contributed by atoms with Crippen molar-refractivity contribution in [3.8, 4) is 0 Å². The van der Waals surface area contributed by atoms with Gasteiger partial charge in [0.05, 0.1) is 6.04 Å². The third-order valence-corrected chi connectivity index (χ3v) is 3.70. The Hall–Kier alpha value is -0.610. The fourth-order valence-corrected chi connectivity index (χ4v) is 2.70. The molecule has 0 bridgehead atoms. The van der Waals surface area contributed by atoms with E-state index in [9.17, 15) is 4.79 Å². The monoisotopic (exact) mass is 226 g/mol. The van der Waals surface area contributed by atoms with Crippen molar-refractivity contribution in [2.45, 2.75) is 38.1 Å². The van der Waals surface area contributed by atoms with Gasteiger partial charge in [0.25, 0.3) is 0 Å². The molecule has 16 heavy (non-hydrogen) atoms. The predicted octanol–water partition coefficient (Wildman–Crippen LogP) is 0.359. The second kappa shape index (κ2) is 5.64. The molecule has 2 fully saturated rings. The molecular formula is C12H22N2O2. The lowest BCUT2D eigenvalue weighted by Gasteiger charge is -2.35. The molecule has 2 aliphatic heterocycles. The lowest BCUT2D eigenvalue weighted by molar-refractivity contribution is -0.136. The first kappa shape index (κ1) is 11.9. The standard InChI is InChI=1S/C12H22N2O2/c15-9-10-4-3-7-14(8-10)12(16)11-5-1-2-6-13-11/h10-11,13,15H,1-9H2/t10?,11-/m0/s1. The molecule has 2 aliphatic rings. The Morgan fingerprint density at radius 1 is 1.31 bits per heavy atom. The van der Waals surface area contributed by atoms with E-state index in [0.29, 0.717) is 5.92 Å². The van der Waals surface area contributed by atoms with Gasteiger partial charge in [0.1, 0.15) is 0 Å². The number of carbonyl (C=O) groups excluding carboxylic acids is 1. The summed E-state index contributed by atoms with van der Waals surface area (Å²) in [5, 5.41) is 12.4. The molecule has 1 unspecified atom stereocenters. The average molecular weight is 226 g/mol. The lowest BCUT2D eigenvalue weighted by atomic mass is 9.97. The highest BCUT2D eigenvalue weighted by atomic mass is 16.3. The molecular weight excluding hydrogens is 204 g/mol. The zero-order chi connectivity index (χ0) is 11.4. The molecule has 2 N–H and O–H groups in total. The number of piperidine rings is 2. The van der Waals surface area contributed by atoms with Gasteiger partial charge in [0, 0.05) is 19.7 Å². The van der Waals surface area contributed by atoms with Crippen molar-refractivity contribution in [2.24, 2.45) is 5.92 Å². The van der Waals surface area contributed by atoms with Crippen molar-refractivity contribution in [1.29, 1.82) is 0 Å². The molecule has 0 spiro atoms. The number of aliphatic hydroxyl groups excluding tert-OH is 1. The Kier molecular flexibility index (Phi) is 4.18. The van der Waals surface area contributed by atoms with Crippen LogP contribution in [0.3, 0.4) is 0 Å². The highest BCUT2D eigenvalue weighted by molar-refractivity contribution is 5.82. The summed E-state index contributed by atoms with van der Waals surface area (Å²) in [6.45, 7) is 2.79. The van der Waals surface area contributed by atoms with E-state index in [2.05, 4.69) is 5.32 Å². The van der Waals surface area contributed by atoms with Crippen LogP contribution in [-0.4, -0.2) is 48.2 Å². The number of rotatable bonds is 2. The highest BCUT2D eigenvalue weighted by Crippen LogP contribution is 2.18. The molecule has 2 rings (SSSR count). The fraction of sp³-hybridized carbons (Fsp3) is 0.917. The molecule has 0 aromatic rings. The summed E-state index contributed by atoms with van der Waals surface area (Å²) >= 11 is 0. The van der Waals surface area contributed by atoms with Crippen LogP contribution in [0.15, 0.2) is 0 Å². The van der Waals surface area contributed by atoms with Crippen LogP contribution in [0.1, 0.15) is 32.1 Å². The van der Waals surface area contributed by atoms with E-state index in [-0.39, 0.29) is 18.6 Å². The molecule has 0 saturated carbocycles. The molecule has 2 heterocycles. The van der Waals surface area contributed by atoms with Crippen molar-refractivity contribution < 1.29 is 9.90 Å². The minimum Gasteiger partial charge on any atom is -0.396 e. The van der Waals surface area contributed by atoms with Gasteiger partial charge < -0.3 is 15.3 Å². The number of amides is 1. The maximum Gasteiger partial charge on any atom is 0.239 e. The fourth-order valence-electron chi connectivity index (χ4n) is 2.70. The largest absolute Gasteiger partial charge is 0.396 e. The van der Waals surface area contributed by atoms with E-state index in [1.807, 2.05) is 4.90 Å². The van der Waals surface area contributed by atoms with Crippen molar-refractivity contribution in [2.75, 3.05) is 26.2 Å². The van der Waals surface area contributed by atoms with Gasteiger partial charge in [-0.25, -0.2) is 0 Å². The number of hydrogen-bond acceptors (Lipinski definition) is 3. The van der Waals surface area contributed by atoms with Crippen molar-refractivity contribution in [3.63, 3.8) is 0 Å². The summed E-state index contributed by atoms with van der Waals surface area (Å²) in [7, 11) is 0. The highest BCUT2D eigenvalue weighted by Gasteiger charge is 2.29. The number of likely N-dealkylation sites (tertiary alicyclic amines) is 1. The number of nitrogens with one attached hydrogen (secondary N) is 1. The average Bonchev–Trinajstić information content (AvgIpc) is 2.39. The van der Waals surface area contributed by atoms with Crippen molar-refractivity contribution in [3.05, 3.63) is 0 Å². The van der Waals surface area contributed by atoms with Crippen molar-refractivity contribution in [1.82, 2.24) is 10.2 Å². The van der Waals surface area contributed by atoms with Crippen LogP contribution in [0, 0.1) is 5.92 Å². The third-order valence-electron chi connectivity index (χ3n) is 3.70. The van der Waals surface area contributed by atoms with Crippen LogP contribution in [0.5, 0.6) is 0 Å². The van der Waals surface area contributed by atoms with E-state index < -0.39 is 0 Å². The summed E-state index contributed by atoms with van der Waals surface area (Å²) in [5.74, 6) is 0.541. The summed E-state index contributed by atoms with van der Waals surface area (Å²) in [6, 6.07) is 0.0335. The maximum atomic E-state index is 12.2. The second-order valence-corrected chi connectivity index (χ2v) is 4.98. The number of aliphatic hydroxyl groups is 1. The van der Waals surface area contributed by atoms with Crippen LogP contribution in [-0.2, 0) is 4.79 Å². The SMILES string of the molecule is O=C([C@@H]1CCCCN1)N1CCCC(CO)C1. The van der Waals surface area contributed by atoms with Crippen molar-refractivity contribution >= 4 is 5.91 Å². The van der Waals surface area contributed by atoms with E-state index in [0.717, 1.165) is 45.3 Å². The van der Waals surface area contributed by atoms with E-state index in [4.69, 9.17) is 5.11 Å². The predicted molar refractivity (Wildman–Crippen MR) is 62.0 cm³/mol. The Labute approximate surface area is 97.0 Å². The Balaban J connectivity index is 1.87. The summed E-state index contributed by atoms with van der Waals surface area (Å²) in [5.41, 5.74) is 0. The van der Waals surface area contributed by atoms with E-state index in [1.54, 1.807) is 0 Å². The quantitative estimate of drug-likeness (QED) is 0.715. The lowest BCUT2D eigenvalue weighted by Crippen LogP contribution is -2.51. The first-order valence-corrected chi connectivity index (χ1v) is 6.44. The zero-order valence-corrected chi connectivity index (χ0v) is 9.82. The topological polar surface area (TPSA) is 52.6 Å². The van der Waals surface area contributed by atoms with Gasteiger partial charge in [0.2, 0.25) is 5.91 Å². The van der Waals surface area contributed by atoms with Crippen LogP contribution >= 0.6 is 0 Å². The van der Waals surface area contributed by atoms with E-state index in [1.165, 1.54) is 6.42 Å². The Morgan fingerprint density at radius 3 is 2.88 bits per heavy atom. The minimum atomic E-state index is 0.0335. The first-order valence-electron chi connectivity index (χ1n) is 6.44. The summed E-state index contributed by atoms with van der Waals surface area (Å²) in [6.07, 6.45) is 5.39. The number of nitrogens with zero attached hydrogens (tertiary/aromatic N) is 1. The molecule has 0 aliphatic carbocycles. The Bertz CT molecular complexity index is 239. The normalized spacial score (nSPS) is 31.4. The number of carbonyl (C=O) groups is 1. The van der Waals surface area contributed by atoms with Gasteiger partial charge in [-0.3, -0.25) is 4.79 Å². The molecule has 0 radical (unpaired) electrons. The maximum absolute atomic E-state index is 12.2. The summed E-state index contributed by atoms with van der Waals surface area (Å²) in [4.78, 5) is 14.1. The molecule has 1 amide bonds. The second-order valence-electron chi connectivity index (χ2n) is 4.98. The summed E-state index contributed by atoms with van der Waals surface area (Å²) < 4.78 is 0. The van der Waals surface area contributed by atoms with Gasteiger partial charge >= 0.3 is 0 Å². The molecule has 4 nitrogen and oxygen atoms in total. The van der Waals surface area contributed by atoms with Crippen LogP contribution in [0.25, 0.3) is 0 Å². The van der Waals surface area contributed by atoms with Gasteiger partial charge in [-0.2, -0.15) is 0 Å². The number of hydrogen-bond donors (Lipinski definition) is 2. The van der Waals surface area contributed by atoms with E-state index >= 15 is 0 Å². The first-order chi connectivity index (χ1) is 7.81. The van der Waals surface area contributed by atoms with Gasteiger partial charge in [-0.05, 0) is 38.1 Å². The molecule has 2 atom stereocenters.